The molecule has 134 valence electrons. The average Bonchev–Trinajstić information content (AvgIpc) is 3.09. The molecule has 2 heterocycles. The van der Waals surface area contributed by atoms with Crippen molar-refractivity contribution in [3.63, 3.8) is 0 Å². The van der Waals surface area contributed by atoms with Crippen molar-refractivity contribution in [3.8, 4) is 5.75 Å². The molecule has 27 heavy (non-hydrogen) atoms. The number of aryl methyl sites for hydroxylation is 1. The highest BCUT2D eigenvalue weighted by Crippen LogP contribution is 2.34. The first-order valence-electron chi connectivity index (χ1n) is 8.78. The van der Waals surface area contributed by atoms with E-state index in [1.807, 2.05) is 44.4 Å². The van der Waals surface area contributed by atoms with E-state index in [1.54, 1.807) is 6.20 Å². The molecule has 2 aromatic carbocycles. The molecule has 1 unspecified atom stereocenters. The Morgan fingerprint density at radius 1 is 1.19 bits per heavy atom. The van der Waals surface area contributed by atoms with Gasteiger partial charge in [-0.2, -0.15) is 0 Å². The zero-order valence-electron chi connectivity index (χ0n) is 15.1. The van der Waals surface area contributed by atoms with Gasteiger partial charge in [-0.1, -0.05) is 24.3 Å². The first-order chi connectivity index (χ1) is 13.0. The summed E-state index contributed by atoms with van der Waals surface area (Å²) in [4.78, 5) is 7.69. The predicted molar refractivity (Wildman–Crippen MR) is 117 cm³/mol. The Balaban J connectivity index is 1.89. The topological polar surface area (TPSA) is 60.9 Å². The van der Waals surface area contributed by atoms with Crippen molar-refractivity contribution in [3.05, 3.63) is 82.1 Å². The molecule has 4 rings (SSSR count). The lowest BCUT2D eigenvalue weighted by Gasteiger charge is -2.23. The minimum Gasteiger partial charge on any atom is -0.507 e. The largest absolute Gasteiger partial charge is 0.507 e. The third-order valence-corrected chi connectivity index (χ3v) is 5.45. The third-order valence-electron chi connectivity index (χ3n) is 4.85. The number of hydrogen-bond donors (Lipinski definition) is 3. The van der Waals surface area contributed by atoms with Crippen LogP contribution in [-0.2, 0) is 0 Å². The van der Waals surface area contributed by atoms with Crippen LogP contribution in [0.3, 0.4) is 0 Å². The van der Waals surface area contributed by atoms with Gasteiger partial charge in [-0.05, 0) is 63.7 Å². The first kappa shape index (κ1) is 17.7. The van der Waals surface area contributed by atoms with Gasteiger partial charge in [-0.3, -0.25) is 0 Å². The zero-order valence-corrected chi connectivity index (χ0v) is 16.7. The molecule has 0 aliphatic rings. The van der Waals surface area contributed by atoms with Crippen molar-refractivity contribution in [2.75, 3.05) is 5.32 Å². The number of anilines is 1. The SMILES string of the molecule is Bc1cc(C(Nc2ccccc2C)c2c[nH]c3ncccc23)cc(Br)c1O. The minimum absolute atomic E-state index is 0.0975. The van der Waals surface area contributed by atoms with E-state index in [1.165, 1.54) is 5.56 Å². The maximum atomic E-state index is 10.2. The number of rotatable bonds is 4. The summed E-state index contributed by atoms with van der Waals surface area (Å²) in [5.41, 5.74) is 6.11. The number of nitrogens with zero attached hydrogens (tertiary/aromatic N) is 1. The highest BCUT2D eigenvalue weighted by molar-refractivity contribution is 9.10. The van der Waals surface area contributed by atoms with Gasteiger partial charge in [0.1, 0.15) is 19.2 Å². The number of para-hydroxylation sites is 1. The number of aromatic nitrogens is 2. The van der Waals surface area contributed by atoms with E-state index in [9.17, 15) is 5.11 Å². The molecule has 6 heteroatoms. The van der Waals surface area contributed by atoms with Gasteiger partial charge in [0.2, 0.25) is 0 Å². The Bertz CT molecular complexity index is 1100. The quantitative estimate of drug-likeness (QED) is 0.441. The second-order valence-electron chi connectivity index (χ2n) is 6.70. The molecule has 0 saturated carbocycles. The summed E-state index contributed by atoms with van der Waals surface area (Å²) in [5.74, 6) is 0.272. The molecular formula is C21H19BBrN3O. The molecule has 2 aromatic heterocycles. The summed E-state index contributed by atoms with van der Waals surface area (Å²) >= 11 is 3.48. The number of halogens is 1. The minimum atomic E-state index is -0.0975. The predicted octanol–water partition coefficient (Wildman–Crippen LogP) is 3.80. The normalized spacial score (nSPS) is 12.2. The Morgan fingerprint density at radius 3 is 2.78 bits per heavy atom. The van der Waals surface area contributed by atoms with Crippen LogP contribution in [0.4, 0.5) is 5.69 Å². The standard InChI is InChI=1S/C21H19BBrN3O/c1-12-5-2-3-7-18(12)26-19(13-9-16(22)20(27)17(23)10-13)15-11-25-21-14(15)6-4-8-24-21/h2-11,19,26-27H,22H2,1H3,(H,24,25). The van der Waals surface area contributed by atoms with Crippen molar-refractivity contribution < 1.29 is 5.11 Å². The van der Waals surface area contributed by atoms with Gasteiger partial charge in [-0.25, -0.2) is 4.98 Å². The number of H-pyrrole nitrogens is 1. The molecule has 0 fully saturated rings. The number of phenols is 1. The molecule has 0 aliphatic heterocycles. The van der Waals surface area contributed by atoms with E-state index in [0.29, 0.717) is 4.47 Å². The van der Waals surface area contributed by atoms with Crippen LogP contribution >= 0.6 is 15.9 Å². The molecule has 0 amide bonds. The van der Waals surface area contributed by atoms with Crippen molar-refractivity contribution in [1.29, 1.82) is 0 Å². The van der Waals surface area contributed by atoms with Gasteiger partial charge in [0.05, 0.1) is 10.5 Å². The zero-order chi connectivity index (χ0) is 19.0. The van der Waals surface area contributed by atoms with Crippen LogP contribution in [-0.4, -0.2) is 22.9 Å². The van der Waals surface area contributed by atoms with Crippen LogP contribution < -0.4 is 10.8 Å². The second-order valence-corrected chi connectivity index (χ2v) is 7.56. The van der Waals surface area contributed by atoms with E-state index in [0.717, 1.165) is 33.3 Å². The fourth-order valence-corrected chi connectivity index (χ4v) is 3.95. The number of hydrogen-bond acceptors (Lipinski definition) is 3. The molecule has 0 saturated heterocycles. The van der Waals surface area contributed by atoms with Gasteiger partial charge >= 0.3 is 0 Å². The van der Waals surface area contributed by atoms with E-state index >= 15 is 0 Å². The number of aromatic amines is 1. The summed E-state index contributed by atoms with van der Waals surface area (Å²) in [6.45, 7) is 2.09. The summed E-state index contributed by atoms with van der Waals surface area (Å²) in [6, 6.07) is 16.1. The molecule has 0 aliphatic carbocycles. The highest BCUT2D eigenvalue weighted by Gasteiger charge is 2.21. The van der Waals surface area contributed by atoms with Crippen LogP contribution in [0.25, 0.3) is 11.0 Å². The summed E-state index contributed by atoms with van der Waals surface area (Å²) in [5, 5.41) is 14.9. The lowest BCUT2D eigenvalue weighted by Crippen LogP contribution is -2.16. The highest BCUT2D eigenvalue weighted by atomic mass is 79.9. The van der Waals surface area contributed by atoms with Crippen molar-refractivity contribution in [1.82, 2.24) is 9.97 Å². The molecular weight excluding hydrogens is 401 g/mol. The number of fused-ring (bicyclic) bond motifs is 1. The maximum absolute atomic E-state index is 10.2. The summed E-state index contributed by atoms with van der Waals surface area (Å²) in [7, 11) is 1.91. The number of nitrogens with one attached hydrogen (secondary N) is 2. The smallest absolute Gasteiger partial charge is 0.144 e. The van der Waals surface area contributed by atoms with Crippen molar-refractivity contribution in [2.45, 2.75) is 13.0 Å². The van der Waals surface area contributed by atoms with Gasteiger partial charge in [0.15, 0.2) is 0 Å². The first-order valence-corrected chi connectivity index (χ1v) is 9.57. The van der Waals surface area contributed by atoms with Gasteiger partial charge < -0.3 is 15.4 Å². The van der Waals surface area contributed by atoms with E-state index in [4.69, 9.17) is 0 Å². The number of pyridine rings is 1. The Morgan fingerprint density at radius 2 is 2.00 bits per heavy atom. The van der Waals surface area contributed by atoms with E-state index in [2.05, 4.69) is 56.3 Å². The summed E-state index contributed by atoms with van der Waals surface area (Å²) in [6.07, 6.45) is 3.79. The Kier molecular flexibility index (Phi) is 4.66. The van der Waals surface area contributed by atoms with Crippen molar-refractivity contribution >= 4 is 46.0 Å². The van der Waals surface area contributed by atoms with Crippen LogP contribution in [0.1, 0.15) is 22.7 Å². The van der Waals surface area contributed by atoms with E-state index in [-0.39, 0.29) is 11.8 Å². The molecule has 3 N–H and O–H groups in total. The van der Waals surface area contributed by atoms with Crippen LogP contribution in [0.5, 0.6) is 5.75 Å². The van der Waals surface area contributed by atoms with E-state index < -0.39 is 0 Å². The molecule has 1 atom stereocenters. The van der Waals surface area contributed by atoms with Crippen molar-refractivity contribution in [2.24, 2.45) is 0 Å². The molecule has 4 aromatic rings. The van der Waals surface area contributed by atoms with Gasteiger partial charge in [0, 0.05) is 29.0 Å². The number of phenolic OH excluding ortho intramolecular Hbond substituents is 1. The fraction of sp³-hybridized carbons (Fsp3) is 0.0952. The lowest BCUT2D eigenvalue weighted by atomic mass is 9.89. The number of benzene rings is 2. The van der Waals surface area contributed by atoms with Crippen LogP contribution in [0, 0.1) is 6.92 Å². The monoisotopic (exact) mass is 419 g/mol. The molecule has 4 nitrogen and oxygen atoms in total. The molecule has 0 spiro atoms. The van der Waals surface area contributed by atoms with Crippen LogP contribution in [0.2, 0.25) is 0 Å². The van der Waals surface area contributed by atoms with Crippen LogP contribution in [0.15, 0.2) is 65.4 Å². The average molecular weight is 420 g/mol. The maximum Gasteiger partial charge on any atom is 0.144 e. The molecule has 0 radical (unpaired) electrons. The third kappa shape index (κ3) is 3.33. The Hall–Kier alpha value is -2.73. The van der Waals surface area contributed by atoms with Gasteiger partial charge in [0.25, 0.3) is 0 Å². The lowest BCUT2D eigenvalue weighted by molar-refractivity contribution is 0.476. The number of aromatic hydroxyl groups is 1. The summed E-state index contributed by atoms with van der Waals surface area (Å²) < 4.78 is 0.687. The fourth-order valence-electron chi connectivity index (χ4n) is 3.38. The van der Waals surface area contributed by atoms with Gasteiger partial charge in [-0.15, -0.1) is 0 Å². The molecule has 0 bridgehead atoms. The second kappa shape index (κ2) is 7.12. The Labute approximate surface area is 167 Å².